The van der Waals surface area contributed by atoms with Gasteiger partial charge in [0.1, 0.15) is 17.6 Å². The standard InChI is InChI=1S/C18H14F2N4O2/c19-10-3-1-2-9(8-10)17-15-11(23-24-17)4-5-12(16(15)20)22-18(26)13-6-7-14(25)21-13/h1-5,8,13H,6-7H2,(H,21,25)(H,22,26)(H,23,24). The van der Waals surface area contributed by atoms with E-state index in [-0.39, 0.29) is 29.1 Å². The number of H-pyrrole nitrogens is 1. The van der Waals surface area contributed by atoms with Crippen molar-refractivity contribution in [3.8, 4) is 11.3 Å². The van der Waals surface area contributed by atoms with Crippen LogP contribution in [0.5, 0.6) is 0 Å². The van der Waals surface area contributed by atoms with Crippen LogP contribution in [0.3, 0.4) is 0 Å². The number of hydrogen-bond donors (Lipinski definition) is 3. The van der Waals surface area contributed by atoms with E-state index in [9.17, 15) is 14.0 Å². The molecular formula is C18H14F2N4O2. The van der Waals surface area contributed by atoms with E-state index in [1.54, 1.807) is 12.1 Å². The first-order valence-corrected chi connectivity index (χ1v) is 8.05. The molecule has 1 aliphatic heterocycles. The van der Waals surface area contributed by atoms with Gasteiger partial charge in [-0.15, -0.1) is 0 Å². The predicted molar refractivity (Wildman–Crippen MR) is 91.2 cm³/mol. The summed E-state index contributed by atoms with van der Waals surface area (Å²) >= 11 is 0. The molecule has 8 heteroatoms. The fourth-order valence-corrected chi connectivity index (χ4v) is 3.04. The minimum Gasteiger partial charge on any atom is -0.344 e. The van der Waals surface area contributed by atoms with Crippen molar-refractivity contribution in [3.63, 3.8) is 0 Å². The number of benzene rings is 2. The highest BCUT2D eigenvalue weighted by molar-refractivity contribution is 6.02. The molecule has 26 heavy (non-hydrogen) atoms. The lowest BCUT2D eigenvalue weighted by Gasteiger charge is -2.12. The molecule has 0 aliphatic carbocycles. The van der Waals surface area contributed by atoms with Crippen molar-refractivity contribution in [1.82, 2.24) is 15.5 Å². The summed E-state index contributed by atoms with van der Waals surface area (Å²) in [5, 5.41) is 12.0. The fourth-order valence-electron chi connectivity index (χ4n) is 3.04. The van der Waals surface area contributed by atoms with Crippen molar-refractivity contribution in [2.24, 2.45) is 0 Å². The van der Waals surface area contributed by atoms with E-state index in [4.69, 9.17) is 0 Å². The molecule has 3 N–H and O–H groups in total. The topological polar surface area (TPSA) is 86.9 Å². The molecule has 1 aromatic heterocycles. The molecule has 0 spiro atoms. The number of nitrogens with zero attached hydrogens (tertiary/aromatic N) is 1. The van der Waals surface area contributed by atoms with Crippen molar-refractivity contribution in [3.05, 3.63) is 48.0 Å². The summed E-state index contributed by atoms with van der Waals surface area (Å²) in [6, 6.07) is 8.00. The highest BCUT2D eigenvalue weighted by Crippen LogP contribution is 2.32. The quantitative estimate of drug-likeness (QED) is 0.674. The van der Waals surface area contributed by atoms with Gasteiger partial charge >= 0.3 is 0 Å². The van der Waals surface area contributed by atoms with Gasteiger partial charge in [0.15, 0.2) is 5.82 Å². The van der Waals surface area contributed by atoms with Crippen LogP contribution in [0.4, 0.5) is 14.5 Å². The molecule has 1 atom stereocenters. The van der Waals surface area contributed by atoms with Crippen molar-refractivity contribution in [2.45, 2.75) is 18.9 Å². The smallest absolute Gasteiger partial charge is 0.247 e. The summed E-state index contributed by atoms with van der Waals surface area (Å²) in [7, 11) is 0. The van der Waals surface area contributed by atoms with Crippen LogP contribution in [-0.4, -0.2) is 28.1 Å². The molecule has 132 valence electrons. The lowest BCUT2D eigenvalue weighted by atomic mass is 10.1. The molecule has 2 aromatic carbocycles. The van der Waals surface area contributed by atoms with Crippen LogP contribution in [0.25, 0.3) is 22.2 Å². The predicted octanol–water partition coefficient (Wildman–Crippen LogP) is 2.73. The van der Waals surface area contributed by atoms with E-state index < -0.39 is 23.6 Å². The molecule has 1 aliphatic rings. The van der Waals surface area contributed by atoms with E-state index in [0.717, 1.165) is 0 Å². The number of fused-ring (bicyclic) bond motifs is 1. The van der Waals surface area contributed by atoms with Gasteiger partial charge in [0.05, 0.1) is 16.6 Å². The molecule has 6 nitrogen and oxygen atoms in total. The zero-order valence-corrected chi connectivity index (χ0v) is 13.5. The minimum absolute atomic E-state index is 0.0253. The number of carbonyl (C=O) groups is 2. The lowest BCUT2D eigenvalue weighted by molar-refractivity contribution is -0.122. The Morgan fingerprint density at radius 2 is 2.08 bits per heavy atom. The summed E-state index contributed by atoms with van der Waals surface area (Å²) in [6.07, 6.45) is 0.639. The maximum absolute atomic E-state index is 15.0. The Balaban J connectivity index is 1.71. The third-order valence-corrected chi connectivity index (χ3v) is 4.33. The Morgan fingerprint density at radius 3 is 2.81 bits per heavy atom. The highest BCUT2D eigenvalue weighted by atomic mass is 19.1. The van der Waals surface area contributed by atoms with E-state index in [2.05, 4.69) is 20.8 Å². The average molecular weight is 356 g/mol. The highest BCUT2D eigenvalue weighted by Gasteiger charge is 2.28. The summed E-state index contributed by atoms with van der Waals surface area (Å²) < 4.78 is 28.5. The Kier molecular flexibility index (Phi) is 3.87. The molecule has 4 rings (SSSR count). The van der Waals surface area contributed by atoms with Gasteiger partial charge in [0.25, 0.3) is 0 Å². The Hall–Kier alpha value is -3.29. The zero-order chi connectivity index (χ0) is 18.3. The summed E-state index contributed by atoms with van der Waals surface area (Å²) in [4.78, 5) is 23.5. The van der Waals surface area contributed by atoms with Crippen LogP contribution in [0, 0.1) is 11.6 Å². The van der Waals surface area contributed by atoms with E-state index in [1.165, 1.54) is 24.3 Å². The third-order valence-electron chi connectivity index (χ3n) is 4.33. The zero-order valence-electron chi connectivity index (χ0n) is 13.5. The van der Waals surface area contributed by atoms with Crippen molar-refractivity contribution in [1.29, 1.82) is 0 Å². The molecule has 0 saturated carbocycles. The van der Waals surface area contributed by atoms with Gasteiger partial charge in [0, 0.05) is 12.0 Å². The average Bonchev–Trinajstić information content (AvgIpc) is 3.24. The molecule has 0 radical (unpaired) electrons. The first-order valence-electron chi connectivity index (χ1n) is 8.05. The minimum atomic E-state index is -0.676. The number of aromatic nitrogens is 2. The molecule has 1 saturated heterocycles. The van der Waals surface area contributed by atoms with Gasteiger partial charge < -0.3 is 10.6 Å². The van der Waals surface area contributed by atoms with Gasteiger partial charge in [-0.3, -0.25) is 14.7 Å². The normalized spacial score (nSPS) is 16.7. The monoisotopic (exact) mass is 356 g/mol. The fraction of sp³-hybridized carbons (Fsp3) is 0.167. The maximum Gasteiger partial charge on any atom is 0.247 e. The summed E-state index contributed by atoms with van der Waals surface area (Å²) in [6.45, 7) is 0. The van der Waals surface area contributed by atoms with Crippen LogP contribution < -0.4 is 10.6 Å². The number of halogens is 2. The largest absolute Gasteiger partial charge is 0.344 e. The second-order valence-electron chi connectivity index (χ2n) is 6.08. The molecule has 3 aromatic rings. The number of aromatic amines is 1. The molecular weight excluding hydrogens is 342 g/mol. The second kappa shape index (κ2) is 6.21. The molecule has 1 unspecified atom stereocenters. The van der Waals surface area contributed by atoms with Gasteiger partial charge in [-0.05, 0) is 30.7 Å². The van der Waals surface area contributed by atoms with E-state index in [1.807, 2.05) is 0 Å². The molecule has 2 amide bonds. The van der Waals surface area contributed by atoms with Crippen LogP contribution in [-0.2, 0) is 9.59 Å². The Bertz CT molecular complexity index is 1030. The van der Waals surface area contributed by atoms with Crippen LogP contribution in [0.2, 0.25) is 0 Å². The number of anilines is 1. The Morgan fingerprint density at radius 1 is 1.23 bits per heavy atom. The molecule has 1 fully saturated rings. The van der Waals surface area contributed by atoms with Gasteiger partial charge in [0.2, 0.25) is 11.8 Å². The maximum atomic E-state index is 15.0. The van der Waals surface area contributed by atoms with Gasteiger partial charge in [-0.2, -0.15) is 5.10 Å². The Labute approximate surface area is 146 Å². The number of carbonyl (C=O) groups excluding carboxylic acids is 2. The van der Waals surface area contributed by atoms with Gasteiger partial charge in [-0.1, -0.05) is 12.1 Å². The van der Waals surface area contributed by atoms with Crippen LogP contribution in [0.1, 0.15) is 12.8 Å². The first-order chi connectivity index (χ1) is 12.5. The number of nitrogens with one attached hydrogen (secondary N) is 3. The SMILES string of the molecule is O=C1CCC(C(=O)Nc2ccc3[nH]nc(-c4cccc(F)c4)c3c2F)N1. The van der Waals surface area contributed by atoms with Crippen LogP contribution >= 0.6 is 0 Å². The van der Waals surface area contributed by atoms with E-state index in [0.29, 0.717) is 17.5 Å². The summed E-state index contributed by atoms with van der Waals surface area (Å²) in [5.74, 6) is -1.82. The molecule has 2 heterocycles. The molecule has 0 bridgehead atoms. The number of rotatable bonds is 3. The summed E-state index contributed by atoms with van der Waals surface area (Å²) in [5.41, 5.74) is 1.07. The van der Waals surface area contributed by atoms with Crippen molar-refractivity contribution >= 4 is 28.4 Å². The van der Waals surface area contributed by atoms with Gasteiger partial charge in [-0.25, -0.2) is 8.78 Å². The third kappa shape index (κ3) is 2.79. The number of hydrogen-bond acceptors (Lipinski definition) is 3. The van der Waals surface area contributed by atoms with Crippen molar-refractivity contribution < 1.29 is 18.4 Å². The number of amides is 2. The van der Waals surface area contributed by atoms with Crippen LogP contribution in [0.15, 0.2) is 36.4 Å². The lowest BCUT2D eigenvalue weighted by Crippen LogP contribution is -2.37. The first kappa shape index (κ1) is 16.2. The van der Waals surface area contributed by atoms with Crippen molar-refractivity contribution in [2.75, 3.05) is 5.32 Å². The van der Waals surface area contributed by atoms with E-state index >= 15 is 4.39 Å². The second-order valence-corrected chi connectivity index (χ2v) is 6.08.